The number of aromatic nitrogens is 3. The van der Waals surface area contributed by atoms with Crippen molar-refractivity contribution in [2.45, 2.75) is 6.54 Å². The first-order valence-electron chi connectivity index (χ1n) is 9.48. The topological polar surface area (TPSA) is 76.9 Å². The Labute approximate surface area is 185 Å². The van der Waals surface area contributed by atoms with E-state index in [4.69, 9.17) is 16.6 Å². The van der Waals surface area contributed by atoms with Crippen LogP contribution in [0.25, 0.3) is 31.7 Å². The van der Waals surface area contributed by atoms with Gasteiger partial charge in [0.15, 0.2) is 0 Å². The smallest absolute Gasteiger partial charge is 0.271 e. The van der Waals surface area contributed by atoms with Crippen LogP contribution >= 0.6 is 22.9 Å². The SMILES string of the molecule is O=C(Cn1cnc2c(sc3nc(-c4ccccc4)ccc32)c1=O)Nc1cccc(Cl)c1. The Balaban J connectivity index is 1.48. The predicted octanol–water partition coefficient (Wildman–Crippen LogP) is 4.97. The van der Waals surface area contributed by atoms with Crippen LogP contribution in [0, 0.1) is 0 Å². The largest absolute Gasteiger partial charge is 0.324 e. The molecule has 0 spiro atoms. The van der Waals surface area contributed by atoms with Gasteiger partial charge in [-0.05, 0) is 30.3 Å². The van der Waals surface area contributed by atoms with E-state index >= 15 is 0 Å². The fraction of sp³-hybridized carbons (Fsp3) is 0.0435. The summed E-state index contributed by atoms with van der Waals surface area (Å²) < 4.78 is 1.78. The van der Waals surface area contributed by atoms with Gasteiger partial charge in [-0.25, -0.2) is 9.97 Å². The quantitative estimate of drug-likeness (QED) is 0.423. The Bertz CT molecular complexity index is 1490. The highest BCUT2D eigenvalue weighted by molar-refractivity contribution is 7.25. The lowest BCUT2D eigenvalue weighted by Crippen LogP contribution is -2.27. The summed E-state index contributed by atoms with van der Waals surface area (Å²) in [5, 5.41) is 4.08. The average Bonchev–Trinajstić information content (AvgIpc) is 3.15. The van der Waals surface area contributed by atoms with Gasteiger partial charge in [-0.2, -0.15) is 0 Å². The third kappa shape index (κ3) is 3.81. The van der Waals surface area contributed by atoms with Crippen molar-refractivity contribution in [2.75, 3.05) is 5.32 Å². The second-order valence-corrected chi connectivity index (χ2v) is 8.37. The zero-order valence-corrected chi connectivity index (χ0v) is 17.7. The van der Waals surface area contributed by atoms with Crippen LogP contribution in [0.4, 0.5) is 5.69 Å². The number of nitrogens with zero attached hydrogens (tertiary/aromatic N) is 3. The maximum absolute atomic E-state index is 13.0. The number of rotatable bonds is 4. The van der Waals surface area contributed by atoms with E-state index < -0.39 is 0 Å². The summed E-state index contributed by atoms with van der Waals surface area (Å²) >= 11 is 7.24. The maximum Gasteiger partial charge on any atom is 0.271 e. The van der Waals surface area contributed by atoms with Crippen LogP contribution < -0.4 is 10.9 Å². The molecule has 0 fully saturated rings. The van der Waals surface area contributed by atoms with Crippen molar-refractivity contribution in [1.82, 2.24) is 14.5 Å². The summed E-state index contributed by atoms with van der Waals surface area (Å²) in [6.45, 7) is -0.148. The summed E-state index contributed by atoms with van der Waals surface area (Å²) in [4.78, 5) is 35.3. The van der Waals surface area contributed by atoms with Crippen molar-refractivity contribution >= 4 is 55.0 Å². The molecule has 0 aliphatic carbocycles. The normalized spacial score (nSPS) is 11.1. The van der Waals surface area contributed by atoms with Gasteiger partial charge in [0.25, 0.3) is 5.56 Å². The molecule has 8 heteroatoms. The monoisotopic (exact) mass is 446 g/mol. The Morgan fingerprint density at radius 3 is 2.71 bits per heavy atom. The summed E-state index contributed by atoms with van der Waals surface area (Å²) in [5.41, 5.74) is 2.74. The van der Waals surface area contributed by atoms with Crippen LogP contribution in [0.1, 0.15) is 0 Å². The molecule has 3 heterocycles. The van der Waals surface area contributed by atoms with Gasteiger partial charge in [-0.3, -0.25) is 14.2 Å². The first kappa shape index (κ1) is 19.4. The number of hydrogen-bond donors (Lipinski definition) is 1. The van der Waals surface area contributed by atoms with E-state index in [0.29, 0.717) is 20.9 Å². The minimum Gasteiger partial charge on any atom is -0.324 e. The number of amides is 1. The lowest BCUT2D eigenvalue weighted by Gasteiger charge is -2.07. The minimum atomic E-state index is -0.337. The van der Waals surface area contributed by atoms with Crippen LogP contribution in [-0.2, 0) is 11.3 Å². The number of carbonyl (C=O) groups excluding carboxylic acids is 1. The van der Waals surface area contributed by atoms with Crippen LogP contribution in [0.2, 0.25) is 5.02 Å². The number of halogens is 1. The van der Waals surface area contributed by atoms with Crippen molar-refractivity contribution in [1.29, 1.82) is 0 Å². The van der Waals surface area contributed by atoms with E-state index in [1.54, 1.807) is 24.3 Å². The molecule has 152 valence electrons. The average molecular weight is 447 g/mol. The first-order chi connectivity index (χ1) is 15.1. The maximum atomic E-state index is 13.0. The van der Waals surface area contributed by atoms with Crippen molar-refractivity contribution in [3.63, 3.8) is 0 Å². The van der Waals surface area contributed by atoms with E-state index in [1.165, 1.54) is 22.2 Å². The summed E-state index contributed by atoms with van der Waals surface area (Å²) in [6, 6.07) is 20.6. The first-order valence-corrected chi connectivity index (χ1v) is 10.7. The second kappa shape index (κ2) is 7.94. The minimum absolute atomic E-state index is 0.148. The van der Waals surface area contributed by atoms with Crippen molar-refractivity contribution in [2.24, 2.45) is 0 Å². The number of thiophene rings is 1. The van der Waals surface area contributed by atoms with Gasteiger partial charge in [0, 0.05) is 21.7 Å². The fourth-order valence-corrected chi connectivity index (χ4v) is 4.62. The molecule has 5 aromatic rings. The van der Waals surface area contributed by atoms with Gasteiger partial charge in [0.2, 0.25) is 5.91 Å². The molecule has 0 radical (unpaired) electrons. The van der Waals surface area contributed by atoms with Gasteiger partial charge < -0.3 is 5.32 Å². The van der Waals surface area contributed by atoms with Crippen LogP contribution in [-0.4, -0.2) is 20.4 Å². The standard InChI is InChI=1S/C23H15ClN4O2S/c24-15-7-4-8-16(11-15)26-19(29)12-28-13-25-20-17-9-10-18(14-5-2-1-3-6-14)27-22(17)31-21(20)23(28)30/h1-11,13H,12H2,(H,26,29). The fourth-order valence-electron chi connectivity index (χ4n) is 3.35. The molecule has 0 atom stereocenters. The molecule has 0 saturated carbocycles. The molecule has 6 nitrogen and oxygen atoms in total. The molecule has 31 heavy (non-hydrogen) atoms. The number of carbonyl (C=O) groups is 1. The van der Waals surface area contributed by atoms with E-state index in [1.807, 2.05) is 42.5 Å². The molecule has 5 rings (SSSR count). The molecule has 0 aliphatic heterocycles. The summed E-state index contributed by atoms with van der Waals surface area (Å²) in [5.74, 6) is -0.337. The van der Waals surface area contributed by atoms with E-state index in [0.717, 1.165) is 21.5 Å². The van der Waals surface area contributed by atoms with Crippen molar-refractivity contribution < 1.29 is 4.79 Å². The van der Waals surface area contributed by atoms with Crippen molar-refractivity contribution in [3.05, 3.63) is 88.4 Å². The molecule has 0 bridgehead atoms. The third-order valence-corrected chi connectivity index (χ3v) is 6.11. The van der Waals surface area contributed by atoms with E-state index in [9.17, 15) is 9.59 Å². The highest BCUT2D eigenvalue weighted by atomic mass is 35.5. The number of nitrogens with one attached hydrogen (secondary N) is 1. The number of benzene rings is 2. The van der Waals surface area contributed by atoms with Crippen LogP contribution in [0.3, 0.4) is 0 Å². The van der Waals surface area contributed by atoms with Gasteiger partial charge in [-0.1, -0.05) is 48.0 Å². The molecule has 1 N–H and O–H groups in total. The Morgan fingerprint density at radius 2 is 1.90 bits per heavy atom. The van der Waals surface area contributed by atoms with E-state index in [2.05, 4.69) is 10.3 Å². The highest BCUT2D eigenvalue weighted by Crippen LogP contribution is 2.31. The second-order valence-electron chi connectivity index (χ2n) is 6.93. The highest BCUT2D eigenvalue weighted by Gasteiger charge is 2.15. The molecule has 3 aromatic heterocycles. The zero-order chi connectivity index (χ0) is 21.4. The van der Waals surface area contributed by atoms with Crippen LogP contribution in [0.5, 0.6) is 0 Å². The van der Waals surface area contributed by atoms with Gasteiger partial charge in [-0.15, -0.1) is 11.3 Å². The Morgan fingerprint density at radius 1 is 1.06 bits per heavy atom. The van der Waals surface area contributed by atoms with Gasteiger partial charge in [0.1, 0.15) is 16.1 Å². The number of fused-ring (bicyclic) bond motifs is 3. The molecule has 2 aromatic carbocycles. The zero-order valence-electron chi connectivity index (χ0n) is 16.1. The predicted molar refractivity (Wildman–Crippen MR) is 125 cm³/mol. The molecule has 0 aliphatic rings. The lowest BCUT2D eigenvalue weighted by atomic mass is 10.1. The Hall–Kier alpha value is -3.55. The molecular formula is C23H15ClN4O2S. The van der Waals surface area contributed by atoms with Crippen LogP contribution in [0.15, 0.2) is 77.9 Å². The summed E-state index contributed by atoms with van der Waals surface area (Å²) in [7, 11) is 0. The molecule has 0 unspecified atom stereocenters. The van der Waals surface area contributed by atoms with Gasteiger partial charge in [0.05, 0.1) is 17.5 Å². The number of anilines is 1. The molecule has 0 saturated heterocycles. The molecular weight excluding hydrogens is 432 g/mol. The van der Waals surface area contributed by atoms with E-state index in [-0.39, 0.29) is 18.0 Å². The van der Waals surface area contributed by atoms with Crippen molar-refractivity contribution in [3.8, 4) is 11.3 Å². The van der Waals surface area contributed by atoms with Gasteiger partial charge >= 0.3 is 0 Å². The molecule has 1 amide bonds. The Kier molecular flexibility index (Phi) is 4.97. The number of hydrogen-bond acceptors (Lipinski definition) is 5. The lowest BCUT2D eigenvalue weighted by molar-refractivity contribution is -0.116. The third-order valence-electron chi connectivity index (χ3n) is 4.80. The number of pyridine rings is 1. The summed E-state index contributed by atoms with van der Waals surface area (Å²) in [6.07, 6.45) is 1.40.